The summed E-state index contributed by atoms with van der Waals surface area (Å²) in [5, 5.41) is 9.95. The lowest BCUT2D eigenvalue weighted by Crippen LogP contribution is -2.41. The van der Waals surface area contributed by atoms with Crippen molar-refractivity contribution in [2.75, 3.05) is 32.8 Å². The first kappa shape index (κ1) is 20.3. The van der Waals surface area contributed by atoms with Crippen LogP contribution in [-0.2, 0) is 4.74 Å². The molecule has 0 bridgehead atoms. The third kappa shape index (κ3) is 6.01. The van der Waals surface area contributed by atoms with Gasteiger partial charge in [0.2, 0.25) is 0 Å². The number of carbonyl (C=O) groups is 1. The van der Waals surface area contributed by atoms with E-state index in [1.165, 1.54) is 0 Å². The van der Waals surface area contributed by atoms with E-state index in [-0.39, 0.29) is 30.5 Å². The molecule has 1 aromatic carbocycles. The third-order valence-corrected chi connectivity index (χ3v) is 4.28. The average Bonchev–Trinajstić information content (AvgIpc) is 2.74. The molecule has 1 heterocycles. The molecule has 2 rings (SSSR count). The molecule has 0 aliphatic carbocycles. The number of urea groups is 1. The molecular formula is C15H22Cl3N3O2. The number of benzene rings is 1. The van der Waals surface area contributed by atoms with Gasteiger partial charge in [-0.25, -0.2) is 4.79 Å². The van der Waals surface area contributed by atoms with Crippen molar-refractivity contribution in [3.8, 4) is 0 Å². The molecule has 8 heteroatoms. The van der Waals surface area contributed by atoms with Crippen LogP contribution in [0.2, 0.25) is 10.0 Å². The number of rotatable bonds is 4. The number of nitrogens with one attached hydrogen (secondary N) is 3. The van der Waals surface area contributed by atoms with Gasteiger partial charge in [-0.3, -0.25) is 0 Å². The molecule has 1 aliphatic heterocycles. The second-order valence-corrected chi connectivity index (χ2v) is 5.98. The van der Waals surface area contributed by atoms with Crippen molar-refractivity contribution in [3.63, 3.8) is 0 Å². The summed E-state index contributed by atoms with van der Waals surface area (Å²) in [5.41, 5.74) is 0.973. The van der Waals surface area contributed by atoms with E-state index in [1.807, 2.05) is 19.1 Å². The monoisotopic (exact) mass is 381 g/mol. The maximum Gasteiger partial charge on any atom is 0.314 e. The van der Waals surface area contributed by atoms with Crippen LogP contribution in [0.3, 0.4) is 0 Å². The van der Waals surface area contributed by atoms with Gasteiger partial charge < -0.3 is 20.7 Å². The number of hydrogen-bond acceptors (Lipinski definition) is 3. The van der Waals surface area contributed by atoms with E-state index in [1.54, 1.807) is 6.07 Å². The molecule has 0 aromatic heterocycles. The van der Waals surface area contributed by atoms with Crippen molar-refractivity contribution in [2.24, 2.45) is 5.92 Å². The fourth-order valence-electron chi connectivity index (χ4n) is 2.47. The standard InChI is InChI=1S/C15H21Cl2N3O2.ClH/c1-2-19-15(21)20-9-11-8-18-5-6-22-14(11)10-3-4-12(16)13(17)7-10;/h3-4,7,11,14,18H,2,5-6,8-9H2,1H3,(H2,19,20,21);1H. The Hall–Kier alpha value is -0.720. The first-order valence-electron chi connectivity index (χ1n) is 7.40. The molecule has 23 heavy (non-hydrogen) atoms. The van der Waals surface area contributed by atoms with Gasteiger partial charge in [0.05, 0.1) is 22.8 Å². The Balaban J connectivity index is 0.00000264. The zero-order chi connectivity index (χ0) is 15.9. The molecule has 1 fully saturated rings. The Kier molecular flexibility index (Phi) is 9.02. The molecule has 5 nitrogen and oxygen atoms in total. The van der Waals surface area contributed by atoms with E-state index >= 15 is 0 Å². The lowest BCUT2D eigenvalue weighted by molar-refractivity contribution is 0.0315. The summed E-state index contributed by atoms with van der Waals surface area (Å²) in [7, 11) is 0. The molecule has 0 saturated carbocycles. The number of carbonyl (C=O) groups excluding carboxylic acids is 1. The van der Waals surface area contributed by atoms with E-state index in [0.29, 0.717) is 29.7 Å². The summed E-state index contributed by atoms with van der Waals surface area (Å²) in [6.45, 7) is 5.16. The number of hydrogen-bond donors (Lipinski definition) is 3. The van der Waals surface area contributed by atoms with Crippen molar-refractivity contribution >= 4 is 41.6 Å². The Bertz CT molecular complexity index is 517. The molecular weight excluding hydrogens is 361 g/mol. The van der Waals surface area contributed by atoms with Gasteiger partial charge in [0, 0.05) is 32.1 Å². The van der Waals surface area contributed by atoms with Crippen LogP contribution in [-0.4, -0.2) is 38.8 Å². The predicted octanol–water partition coefficient (Wildman–Crippen LogP) is 3.01. The van der Waals surface area contributed by atoms with Crippen LogP contribution in [0.1, 0.15) is 18.6 Å². The van der Waals surface area contributed by atoms with Gasteiger partial charge in [-0.2, -0.15) is 0 Å². The topological polar surface area (TPSA) is 62.4 Å². The zero-order valence-corrected chi connectivity index (χ0v) is 15.2. The second-order valence-electron chi connectivity index (χ2n) is 5.17. The smallest absolute Gasteiger partial charge is 0.314 e. The second kappa shape index (κ2) is 10.2. The first-order valence-corrected chi connectivity index (χ1v) is 8.16. The van der Waals surface area contributed by atoms with Gasteiger partial charge in [-0.1, -0.05) is 29.3 Å². The van der Waals surface area contributed by atoms with Crippen LogP contribution in [0, 0.1) is 5.92 Å². The summed E-state index contributed by atoms with van der Waals surface area (Å²) in [5.74, 6) is 0.113. The summed E-state index contributed by atoms with van der Waals surface area (Å²) in [4.78, 5) is 11.6. The van der Waals surface area contributed by atoms with Crippen molar-refractivity contribution in [3.05, 3.63) is 33.8 Å². The highest BCUT2D eigenvalue weighted by Crippen LogP contribution is 2.31. The first-order chi connectivity index (χ1) is 10.6. The predicted molar refractivity (Wildman–Crippen MR) is 95.8 cm³/mol. The lowest BCUT2D eigenvalue weighted by atomic mass is 9.95. The fourth-order valence-corrected chi connectivity index (χ4v) is 2.78. The molecule has 2 amide bonds. The van der Waals surface area contributed by atoms with Crippen molar-refractivity contribution in [1.82, 2.24) is 16.0 Å². The average molecular weight is 383 g/mol. The van der Waals surface area contributed by atoms with Crippen LogP contribution < -0.4 is 16.0 Å². The van der Waals surface area contributed by atoms with Crippen LogP contribution in [0.15, 0.2) is 18.2 Å². The minimum absolute atomic E-state index is 0. The van der Waals surface area contributed by atoms with Crippen LogP contribution in [0.4, 0.5) is 4.79 Å². The molecule has 130 valence electrons. The van der Waals surface area contributed by atoms with Crippen molar-refractivity contribution in [1.29, 1.82) is 0 Å². The number of halogens is 3. The van der Waals surface area contributed by atoms with Gasteiger partial charge in [0.15, 0.2) is 0 Å². The normalized spacial score (nSPS) is 21.0. The summed E-state index contributed by atoms with van der Waals surface area (Å²) in [6.07, 6.45) is -0.133. The minimum atomic E-state index is -0.167. The van der Waals surface area contributed by atoms with Crippen LogP contribution in [0.25, 0.3) is 0 Å². The SMILES string of the molecule is CCNC(=O)NCC1CNCCOC1c1ccc(Cl)c(Cl)c1.Cl. The van der Waals surface area contributed by atoms with E-state index in [0.717, 1.165) is 18.7 Å². The molecule has 1 aliphatic rings. The minimum Gasteiger partial charge on any atom is -0.372 e. The summed E-state index contributed by atoms with van der Waals surface area (Å²) < 4.78 is 5.95. The summed E-state index contributed by atoms with van der Waals surface area (Å²) in [6, 6.07) is 5.36. The van der Waals surface area contributed by atoms with E-state index in [9.17, 15) is 4.79 Å². The highest BCUT2D eigenvalue weighted by Gasteiger charge is 2.27. The quantitative estimate of drug-likeness (QED) is 0.750. The van der Waals surface area contributed by atoms with Gasteiger partial charge in [-0.05, 0) is 24.6 Å². The van der Waals surface area contributed by atoms with Crippen molar-refractivity contribution in [2.45, 2.75) is 13.0 Å². The highest BCUT2D eigenvalue weighted by molar-refractivity contribution is 6.42. The molecule has 1 aromatic rings. The maximum atomic E-state index is 11.6. The summed E-state index contributed by atoms with van der Waals surface area (Å²) >= 11 is 12.1. The van der Waals surface area contributed by atoms with E-state index < -0.39 is 0 Å². The molecule has 2 unspecified atom stereocenters. The molecule has 2 atom stereocenters. The lowest BCUT2D eigenvalue weighted by Gasteiger charge is -2.25. The maximum absolute atomic E-state index is 11.6. The molecule has 0 radical (unpaired) electrons. The number of ether oxygens (including phenoxy) is 1. The Morgan fingerprint density at radius 1 is 1.35 bits per heavy atom. The number of amides is 2. The van der Waals surface area contributed by atoms with E-state index in [4.69, 9.17) is 27.9 Å². The van der Waals surface area contributed by atoms with Crippen LogP contribution >= 0.6 is 35.6 Å². The largest absolute Gasteiger partial charge is 0.372 e. The van der Waals surface area contributed by atoms with Gasteiger partial charge in [-0.15, -0.1) is 12.4 Å². The van der Waals surface area contributed by atoms with Crippen molar-refractivity contribution < 1.29 is 9.53 Å². The highest BCUT2D eigenvalue weighted by atomic mass is 35.5. The third-order valence-electron chi connectivity index (χ3n) is 3.55. The van der Waals surface area contributed by atoms with Gasteiger partial charge in [0.25, 0.3) is 0 Å². The molecule has 0 spiro atoms. The van der Waals surface area contributed by atoms with Gasteiger partial charge >= 0.3 is 6.03 Å². The molecule has 1 saturated heterocycles. The Morgan fingerprint density at radius 2 is 2.13 bits per heavy atom. The zero-order valence-electron chi connectivity index (χ0n) is 12.9. The fraction of sp³-hybridized carbons (Fsp3) is 0.533. The molecule has 3 N–H and O–H groups in total. The van der Waals surface area contributed by atoms with E-state index in [2.05, 4.69) is 16.0 Å². The van der Waals surface area contributed by atoms with Gasteiger partial charge in [0.1, 0.15) is 0 Å². The Labute approximate surface area is 152 Å². The van der Waals surface area contributed by atoms with Crippen LogP contribution in [0.5, 0.6) is 0 Å². The Morgan fingerprint density at radius 3 is 2.83 bits per heavy atom.